The molecule has 1 aliphatic rings. The summed E-state index contributed by atoms with van der Waals surface area (Å²) in [5, 5.41) is 8.18. The fraction of sp³-hybridized carbons (Fsp3) is 0.500. The number of carbonyl (C=O) groups excluding carboxylic acids is 1. The van der Waals surface area contributed by atoms with Crippen molar-refractivity contribution < 1.29 is 13.2 Å². The molecule has 1 amide bonds. The number of carbonyl (C=O) groups is 1. The Morgan fingerprint density at radius 1 is 1.38 bits per heavy atom. The van der Waals surface area contributed by atoms with Gasteiger partial charge in [-0.15, -0.1) is 0 Å². The van der Waals surface area contributed by atoms with Gasteiger partial charge in [0.15, 0.2) is 0 Å². The maximum Gasteiger partial charge on any atom is 0.251 e. The van der Waals surface area contributed by atoms with Crippen molar-refractivity contribution in [3.05, 3.63) is 28.3 Å². The van der Waals surface area contributed by atoms with Crippen LogP contribution in [0.25, 0.3) is 0 Å². The van der Waals surface area contributed by atoms with E-state index in [0.717, 1.165) is 12.8 Å². The Bertz CT molecular complexity index is 652. The zero-order valence-corrected chi connectivity index (χ0v) is 13.4. The Hall–Kier alpha value is -1.11. The standard InChI is InChI=1S/C14H19ClN2O3S/c1-9-12(6-11(15)7-13(9)21(16,19)20)14(18)17-8-10-4-2-3-5-10/h6-7,10H,2-5,8H2,1H3,(H,17,18)(H2,16,19,20). The molecule has 2 rings (SSSR count). The molecule has 1 fully saturated rings. The SMILES string of the molecule is Cc1c(C(=O)NCC2CCCC2)cc(Cl)cc1S(N)(=O)=O. The number of amides is 1. The summed E-state index contributed by atoms with van der Waals surface area (Å²) in [6.45, 7) is 2.16. The van der Waals surface area contributed by atoms with Gasteiger partial charge in [-0.3, -0.25) is 4.79 Å². The lowest BCUT2D eigenvalue weighted by molar-refractivity contribution is 0.0946. The van der Waals surface area contributed by atoms with Crippen LogP contribution in [0.2, 0.25) is 5.02 Å². The van der Waals surface area contributed by atoms with Crippen molar-refractivity contribution >= 4 is 27.5 Å². The van der Waals surface area contributed by atoms with Crippen LogP contribution in [0.4, 0.5) is 0 Å². The molecular formula is C14H19ClN2O3S. The average Bonchev–Trinajstić information content (AvgIpc) is 2.90. The van der Waals surface area contributed by atoms with Gasteiger partial charge in [0, 0.05) is 17.1 Å². The number of sulfonamides is 1. The number of nitrogens with one attached hydrogen (secondary N) is 1. The minimum Gasteiger partial charge on any atom is -0.352 e. The highest BCUT2D eigenvalue weighted by Crippen LogP contribution is 2.25. The number of halogens is 1. The molecule has 0 unspecified atom stereocenters. The molecular weight excluding hydrogens is 312 g/mol. The fourth-order valence-electron chi connectivity index (χ4n) is 2.73. The Labute approximate surface area is 129 Å². The van der Waals surface area contributed by atoms with Crippen LogP contribution in [0.5, 0.6) is 0 Å². The van der Waals surface area contributed by atoms with Crippen LogP contribution in [0, 0.1) is 12.8 Å². The quantitative estimate of drug-likeness (QED) is 0.887. The Morgan fingerprint density at radius 2 is 2.00 bits per heavy atom. The van der Waals surface area contributed by atoms with Gasteiger partial charge in [0.25, 0.3) is 5.91 Å². The van der Waals surface area contributed by atoms with Crippen molar-refractivity contribution in [2.24, 2.45) is 11.1 Å². The van der Waals surface area contributed by atoms with Gasteiger partial charge in [-0.25, -0.2) is 13.6 Å². The maximum absolute atomic E-state index is 12.2. The van der Waals surface area contributed by atoms with Crippen molar-refractivity contribution in [2.75, 3.05) is 6.54 Å². The predicted octanol–water partition coefficient (Wildman–Crippen LogP) is 2.22. The van der Waals surface area contributed by atoms with E-state index in [0.29, 0.717) is 18.0 Å². The maximum atomic E-state index is 12.2. The van der Waals surface area contributed by atoms with Crippen LogP contribution in [0.3, 0.4) is 0 Å². The number of primary sulfonamides is 1. The summed E-state index contributed by atoms with van der Waals surface area (Å²) >= 11 is 5.90. The molecule has 3 N–H and O–H groups in total. The van der Waals surface area contributed by atoms with E-state index in [9.17, 15) is 13.2 Å². The van der Waals surface area contributed by atoms with E-state index in [1.54, 1.807) is 6.92 Å². The molecule has 0 aliphatic heterocycles. The third-order valence-corrected chi connectivity index (χ3v) is 5.16. The summed E-state index contributed by atoms with van der Waals surface area (Å²) in [4.78, 5) is 12.1. The monoisotopic (exact) mass is 330 g/mol. The molecule has 1 aromatic carbocycles. The lowest BCUT2D eigenvalue weighted by atomic mass is 10.1. The minimum atomic E-state index is -3.91. The summed E-state index contributed by atoms with van der Waals surface area (Å²) in [5.41, 5.74) is 0.579. The number of hydrogen-bond acceptors (Lipinski definition) is 3. The molecule has 21 heavy (non-hydrogen) atoms. The average molecular weight is 331 g/mol. The molecule has 0 atom stereocenters. The van der Waals surface area contributed by atoms with Gasteiger partial charge in [-0.2, -0.15) is 0 Å². The fourth-order valence-corrected chi connectivity index (χ4v) is 3.84. The number of hydrogen-bond donors (Lipinski definition) is 2. The van der Waals surface area contributed by atoms with Crippen LogP contribution < -0.4 is 10.5 Å². The van der Waals surface area contributed by atoms with E-state index < -0.39 is 10.0 Å². The van der Waals surface area contributed by atoms with Crippen molar-refractivity contribution in [1.29, 1.82) is 0 Å². The highest BCUT2D eigenvalue weighted by Gasteiger charge is 2.21. The van der Waals surface area contributed by atoms with Crippen molar-refractivity contribution in [3.8, 4) is 0 Å². The number of nitrogens with two attached hydrogens (primary N) is 1. The van der Waals surface area contributed by atoms with Crippen LogP contribution in [0.1, 0.15) is 41.6 Å². The Kier molecular flexibility index (Phi) is 4.91. The molecule has 0 radical (unpaired) electrons. The normalized spacial score (nSPS) is 16.1. The van der Waals surface area contributed by atoms with E-state index in [2.05, 4.69) is 5.32 Å². The molecule has 0 heterocycles. The molecule has 1 aliphatic carbocycles. The van der Waals surface area contributed by atoms with Crippen LogP contribution in [0.15, 0.2) is 17.0 Å². The van der Waals surface area contributed by atoms with E-state index in [1.807, 2.05) is 0 Å². The summed E-state index contributed by atoms with van der Waals surface area (Å²) in [7, 11) is -3.91. The third kappa shape index (κ3) is 3.96. The smallest absolute Gasteiger partial charge is 0.251 e. The molecule has 0 aromatic heterocycles. The highest BCUT2D eigenvalue weighted by molar-refractivity contribution is 7.89. The summed E-state index contributed by atoms with van der Waals surface area (Å²) in [5.74, 6) is 0.193. The molecule has 0 saturated heterocycles. The lowest BCUT2D eigenvalue weighted by Crippen LogP contribution is -2.29. The first-order valence-corrected chi connectivity index (χ1v) is 8.82. The van der Waals surface area contributed by atoms with E-state index >= 15 is 0 Å². The Balaban J connectivity index is 2.22. The lowest BCUT2D eigenvalue weighted by Gasteiger charge is -2.14. The van der Waals surface area contributed by atoms with Crippen LogP contribution in [-0.2, 0) is 10.0 Å². The van der Waals surface area contributed by atoms with Crippen molar-refractivity contribution in [1.82, 2.24) is 5.32 Å². The first-order valence-electron chi connectivity index (χ1n) is 6.90. The number of benzene rings is 1. The van der Waals surface area contributed by atoms with Crippen molar-refractivity contribution in [2.45, 2.75) is 37.5 Å². The third-order valence-electron chi connectivity index (χ3n) is 3.90. The van der Waals surface area contributed by atoms with Gasteiger partial charge in [0.2, 0.25) is 10.0 Å². The molecule has 5 nitrogen and oxygen atoms in total. The molecule has 7 heteroatoms. The largest absolute Gasteiger partial charge is 0.352 e. The van der Waals surface area contributed by atoms with Crippen molar-refractivity contribution in [3.63, 3.8) is 0 Å². The first kappa shape index (κ1) is 16.3. The summed E-state index contributed by atoms with van der Waals surface area (Å²) in [6.07, 6.45) is 4.65. The van der Waals surface area contributed by atoms with Gasteiger partial charge < -0.3 is 5.32 Å². The molecule has 1 aromatic rings. The summed E-state index contributed by atoms with van der Waals surface area (Å²) < 4.78 is 23.1. The van der Waals surface area contributed by atoms with E-state index in [4.69, 9.17) is 16.7 Å². The van der Waals surface area contributed by atoms with Gasteiger partial charge >= 0.3 is 0 Å². The zero-order valence-electron chi connectivity index (χ0n) is 11.9. The Morgan fingerprint density at radius 3 is 2.57 bits per heavy atom. The minimum absolute atomic E-state index is 0.110. The first-order chi connectivity index (χ1) is 9.79. The van der Waals surface area contributed by atoms with Crippen LogP contribution >= 0.6 is 11.6 Å². The highest BCUT2D eigenvalue weighted by atomic mass is 35.5. The number of rotatable bonds is 4. The molecule has 0 bridgehead atoms. The second-order valence-corrected chi connectivity index (χ2v) is 7.45. The second-order valence-electron chi connectivity index (χ2n) is 5.48. The van der Waals surface area contributed by atoms with E-state index in [-0.39, 0.29) is 21.4 Å². The predicted molar refractivity (Wildman–Crippen MR) is 81.9 cm³/mol. The molecule has 116 valence electrons. The zero-order chi connectivity index (χ0) is 15.6. The molecule has 0 spiro atoms. The topological polar surface area (TPSA) is 89.3 Å². The molecule has 1 saturated carbocycles. The van der Waals surface area contributed by atoms with Gasteiger partial charge in [-0.1, -0.05) is 24.4 Å². The van der Waals surface area contributed by atoms with Crippen LogP contribution in [-0.4, -0.2) is 20.9 Å². The summed E-state index contributed by atoms with van der Waals surface area (Å²) in [6, 6.07) is 2.73. The second kappa shape index (κ2) is 6.34. The van der Waals surface area contributed by atoms with E-state index in [1.165, 1.54) is 25.0 Å². The van der Waals surface area contributed by atoms with Gasteiger partial charge in [0.05, 0.1) is 4.90 Å². The van der Waals surface area contributed by atoms with Gasteiger partial charge in [-0.05, 0) is 43.4 Å². The van der Waals surface area contributed by atoms with Gasteiger partial charge in [0.1, 0.15) is 0 Å².